The standard InChI is InChI=1S/C17H19NO5S2/c1-4-23-12-7-10(5-6-11(12)19)8-13-15(20)18(17(24)25-13)14(9(2)3)16(21)22/h5-9,14,19H,4H2,1-3H3,(H,21,22)/p-1/b13-8+/t14-/m1/s1. The molecule has 2 rings (SSSR count). The zero-order valence-electron chi connectivity index (χ0n) is 14.0. The van der Waals surface area contributed by atoms with Gasteiger partial charge in [-0.3, -0.25) is 9.69 Å². The molecule has 1 N–H and O–H groups in total. The summed E-state index contributed by atoms with van der Waals surface area (Å²) in [4.78, 5) is 25.4. The molecule has 0 bridgehead atoms. The van der Waals surface area contributed by atoms with E-state index >= 15 is 0 Å². The van der Waals surface area contributed by atoms with Gasteiger partial charge in [0, 0.05) is 0 Å². The highest BCUT2D eigenvalue weighted by atomic mass is 32.2. The monoisotopic (exact) mass is 380 g/mol. The van der Waals surface area contributed by atoms with Crippen molar-refractivity contribution < 1.29 is 24.5 Å². The maximum atomic E-state index is 12.6. The molecule has 1 saturated heterocycles. The van der Waals surface area contributed by atoms with E-state index in [4.69, 9.17) is 17.0 Å². The highest BCUT2D eigenvalue weighted by Gasteiger charge is 2.39. The number of carboxylic acids is 1. The predicted molar refractivity (Wildman–Crippen MR) is 97.9 cm³/mol. The van der Waals surface area contributed by atoms with Crippen LogP contribution >= 0.6 is 24.0 Å². The average Bonchev–Trinajstić information content (AvgIpc) is 2.78. The molecule has 1 aliphatic heterocycles. The number of benzene rings is 1. The second-order valence-corrected chi connectivity index (χ2v) is 7.40. The Morgan fingerprint density at radius 2 is 2.16 bits per heavy atom. The van der Waals surface area contributed by atoms with Gasteiger partial charge in [-0.05, 0) is 36.6 Å². The zero-order chi connectivity index (χ0) is 18.7. The van der Waals surface area contributed by atoms with Gasteiger partial charge in [0.05, 0.1) is 23.5 Å². The Labute approximate surface area is 155 Å². The summed E-state index contributed by atoms with van der Waals surface area (Å²) < 4.78 is 5.50. The third-order valence-electron chi connectivity index (χ3n) is 3.56. The molecule has 0 aromatic heterocycles. The van der Waals surface area contributed by atoms with Crippen molar-refractivity contribution in [2.24, 2.45) is 5.92 Å². The summed E-state index contributed by atoms with van der Waals surface area (Å²) in [7, 11) is 0. The smallest absolute Gasteiger partial charge is 0.266 e. The summed E-state index contributed by atoms with van der Waals surface area (Å²) >= 11 is 6.22. The predicted octanol–water partition coefficient (Wildman–Crippen LogP) is 1.77. The highest BCUT2D eigenvalue weighted by molar-refractivity contribution is 8.26. The van der Waals surface area contributed by atoms with E-state index in [0.29, 0.717) is 22.8 Å². The Balaban J connectivity index is 2.34. The first kappa shape index (κ1) is 19.3. The minimum atomic E-state index is -1.34. The van der Waals surface area contributed by atoms with Crippen LogP contribution in [0.15, 0.2) is 23.1 Å². The fraction of sp³-hybridized carbons (Fsp3) is 0.353. The van der Waals surface area contributed by atoms with Crippen molar-refractivity contribution in [3.8, 4) is 11.5 Å². The van der Waals surface area contributed by atoms with E-state index in [-0.39, 0.29) is 16.0 Å². The second kappa shape index (κ2) is 7.88. The average molecular weight is 380 g/mol. The van der Waals surface area contributed by atoms with Crippen LogP contribution in [0.5, 0.6) is 11.5 Å². The van der Waals surface area contributed by atoms with Gasteiger partial charge in [-0.15, -0.1) is 0 Å². The maximum absolute atomic E-state index is 12.6. The first-order chi connectivity index (χ1) is 11.8. The molecule has 0 aliphatic carbocycles. The number of carboxylic acid groups (broad SMARTS) is 1. The number of carbonyl (C=O) groups is 2. The summed E-state index contributed by atoms with van der Waals surface area (Å²) in [5.41, 5.74) is 0.635. The Bertz CT molecular complexity index is 745. The number of thioether (sulfide) groups is 1. The molecule has 0 saturated carbocycles. The lowest BCUT2D eigenvalue weighted by Crippen LogP contribution is -2.52. The molecular weight excluding hydrogens is 362 g/mol. The van der Waals surface area contributed by atoms with Crippen LogP contribution < -0.4 is 9.84 Å². The van der Waals surface area contributed by atoms with E-state index in [0.717, 1.165) is 16.7 Å². The number of thiocarbonyl (C=S) groups is 1. The van der Waals surface area contributed by atoms with Crippen LogP contribution in [-0.4, -0.2) is 38.9 Å². The number of aliphatic carboxylic acids is 1. The third kappa shape index (κ3) is 4.13. The van der Waals surface area contributed by atoms with Gasteiger partial charge in [-0.2, -0.15) is 0 Å². The molecule has 1 heterocycles. The molecule has 6 nitrogen and oxygen atoms in total. The van der Waals surface area contributed by atoms with Crippen molar-refractivity contribution >= 4 is 46.3 Å². The van der Waals surface area contributed by atoms with Crippen molar-refractivity contribution in [3.05, 3.63) is 28.7 Å². The third-order valence-corrected chi connectivity index (χ3v) is 4.89. The van der Waals surface area contributed by atoms with E-state index < -0.39 is 17.9 Å². The first-order valence-electron chi connectivity index (χ1n) is 7.70. The van der Waals surface area contributed by atoms with Gasteiger partial charge in [0.1, 0.15) is 4.32 Å². The van der Waals surface area contributed by atoms with Crippen LogP contribution in [-0.2, 0) is 9.59 Å². The van der Waals surface area contributed by atoms with Crippen molar-refractivity contribution in [1.82, 2.24) is 4.90 Å². The van der Waals surface area contributed by atoms with Gasteiger partial charge in [-0.1, -0.05) is 43.9 Å². The van der Waals surface area contributed by atoms with Crippen molar-refractivity contribution in [2.45, 2.75) is 26.8 Å². The number of hydrogen-bond acceptors (Lipinski definition) is 7. The minimum Gasteiger partial charge on any atom is -0.548 e. The van der Waals surface area contributed by atoms with Gasteiger partial charge >= 0.3 is 0 Å². The van der Waals surface area contributed by atoms with E-state index in [2.05, 4.69) is 0 Å². The van der Waals surface area contributed by atoms with Crippen LogP contribution in [0.4, 0.5) is 0 Å². The number of carbonyl (C=O) groups excluding carboxylic acids is 2. The molecule has 1 aromatic rings. The lowest BCUT2D eigenvalue weighted by Gasteiger charge is -2.30. The van der Waals surface area contributed by atoms with Crippen LogP contribution in [0.25, 0.3) is 6.08 Å². The molecule has 0 radical (unpaired) electrons. The number of phenols is 1. The number of rotatable bonds is 6. The number of ether oxygens (including phenoxy) is 1. The molecular formula is C17H18NO5S2-. The van der Waals surface area contributed by atoms with Gasteiger partial charge in [-0.25, -0.2) is 0 Å². The van der Waals surface area contributed by atoms with E-state index in [1.54, 1.807) is 39.0 Å². The molecule has 134 valence electrons. The zero-order valence-corrected chi connectivity index (χ0v) is 15.6. The molecule has 1 aromatic carbocycles. The Kier molecular flexibility index (Phi) is 6.07. The fourth-order valence-corrected chi connectivity index (χ4v) is 3.77. The Morgan fingerprint density at radius 3 is 2.72 bits per heavy atom. The SMILES string of the molecule is CCOc1cc(/C=C2/SC(=S)N([C@@H](C(=O)[O-])C(C)C)C2=O)ccc1O. The molecule has 0 unspecified atom stereocenters. The van der Waals surface area contributed by atoms with Crippen molar-refractivity contribution in [3.63, 3.8) is 0 Å². The summed E-state index contributed by atoms with van der Waals surface area (Å²) in [6.45, 7) is 5.57. The van der Waals surface area contributed by atoms with Gasteiger partial charge in [0.25, 0.3) is 5.91 Å². The number of hydrogen-bond donors (Lipinski definition) is 1. The van der Waals surface area contributed by atoms with Crippen molar-refractivity contribution in [1.29, 1.82) is 0 Å². The molecule has 1 atom stereocenters. The van der Waals surface area contributed by atoms with Crippen LogP contribution in [0, 0.1) is 5.92 Å². The number of amides is 1. The number of nitrogens with zero attached hydrogens (tertiary/aromatic N) is 1. The summed E-state index contributed by atoms with van der Waals surface area (Å²) in [5, 5.41) is 21.1. The summed E-state index contributed by atoms with van der Waals surface area (Å²) in [6.07, 6.45) is 1.59. The number of aromatic hydroxyl groups is 1. The van der Waals surface area contributed by atoms with E-state index in [1.807, 2.05) is 0 Å². The second-order valence-electron chi connectivity index (χ2n) is 5.72. The van der Waals surface area contributed by atoms with E-state index in [1.165, 1.54) is 6.07 Å². The van der Waals surface area contributed by atoms with Gasteiger partial charge < -0.3 is 19.7 Å². The van der Waals surface area contributed by atoms with Gasteiger partial charge in [0.15, 0.2) is 11.5 Å². The maximum Gasteiger partial charge on any atom is 0.266 e. The Hall–Kier alpha value is -2.06. The summed E-state index contributed by atoms with van der Waals surface area (Å²) in [6, 6.07) is 3.58. The highest BCUT2D eigenvalue weighted by Crippen LogP contribution is 2.36. The normalized spacial score (nSPS) is 17.4. The molecule has 8 heteroatoms. The molecule has 1 amide bonds. The molecule has 1 aliphatic rings. The lowest BCUT2D eigenvalue weighted by atomic mass is 10.0. The quantitative estimate of drug-likeness (QED) is 0.594. The first-order valence-corrected chi connectivity index (χ1v) is 8.92. The van der Waals surface area contributed by atoms with Gasteiger partial charge in [0.2, 0.25) is 0 Å². The van der Waals surface area contributed by atoms with Crippen LogP contribution in [0.3, 0.4) is 0 Å². The van der Waals surface area contributed by atoms with Crippen LogP contribution in [0.1, 0.15) is 26.3 Å². The molecule has 25 heavy (non-hydrogen) atoms. The largest absolute Gasteiger partial charge is 0.548 e. The summed E-state index contributed by atoms with van der Waals surface area (Å²) in [5.74, 6) is -1.84. The topological polar surface area (TPSA) is 89.9 Å². The molecule has 1 fully saturated rings. The Morgan fingerprint density at radius 1 is 1.48 bits per heavy atom. The molecule has 0 spiro atoms. The van der Waals surface area contributed by atoms with Crippen molar-refractivity contribution in [2.75, 3.05) is 6.61 Å². The lowest BCUT2D eigenvalue weighted by molar-refractivity contribution is -0.311. The van der Waals surface area contributed by atoms with Crippen LogP contribution in [0.2, 0.25) is 0 Å². The van der Waals surface area contributed by atoms with E-state index in [9.17, 15) is 19.8 Å². The number of phenolic OH excluding ortho intramolecular Hbond substituents is 1. The fourth-order valence-electron chi connectivity index (χ4n) is 2.44. The minimum absolute atomic E-state index is 0.00312.